The molecule has 12 heteroatoms. The highest BCUT2D eigenvalue weighted by Crippen LogP contribution is 2.43. The van der Waals surface area contributed by atoms with Crippen molar-refractivity contribution in [1.29, 1.82) is 0 Å². The van der Waals surface area contributed by atoms with Gasteiger partial charge >= 0.3 is 19.8 Å². The lowest BCUT2D eigenvalue weighted by molar-refractivity contribution is -0.161. The number of aliphatic hydroxyl groups excluding tert-OH is 3. The molecular weight excluding hydrogens is 735 g/mol. The fourth-order valence-corrected chi connectivity index (χ4v) is 5.72. The maximum atomic E-state index is 12.6. The summed E-state index contributed by atoms with van der Waals surface area (Å²) in [6, 6.07) is 0. The SMILES string of the molecule is CC/C=C\C/C=C\C/C=C\C/C=C\C=C\C(O)CCCC(=O)O[C@H](COC(=O)CCCCCCC/C=C\C/C=C\CCCCC)COP(=O)(O)OC[C@@H](O)CO. The first-order chi connectivity index (χ1) is 27.1. The van der Waals surface area contributed by atoms with Gasteiger partial charge in [0.2, 0.25) is 0 Å². The maximum Gasteiger partial charge on any atom is 0.472 e. The Hall–Kier alpha value is -2.89. The Bertz CT molecular complexity index is 1220. The molecule has 320 valence electrons. The summed E-state index contributed by atoms with van der Waals surface area (Å²) in [4.78, 5) is 34.9. The minimum Gasteiger partial charge on any atom is -0.462 e. The number of phosphoric ester groups is 1. The lowest BCUT2D eigenvalue weighted by Gasteiger charge is -2.20. The fourth-order valence-electron chi connectivity index (χ4n) is 4.93. The van der Waals surface area contributed by atoms with Crippen molar-refractivity contribution >= 4 is 19.8 Å². The molecule has 0 aromatic carbocycles. The molecule has 0 bridgehead atoms. The van der Waals surface area contributed by atoms with Crippen LogP contribution in [-0.2, 0) is 32.7 Å². The largest absolute Gasteiger partial charge is 0.472 e. The number of allylic oxidation sites excluding steroid dienone is 13. The second-order valence-electron chi connectivity index (χ2n) is 13.5. The van der Waals surface area contributed by atoms with Crippen LogP contribution in [0.3, 0.4) is 0 Å². The van der Waals surface area contributed by atoms with Crippen molar-refractivity contribution in [3.8, 4) is 0 Å². The highest BCUT2D eigenvalue weighted by Gasteiger charge is 2.27. The van der Waals surface area contributed by atoms with E-state index in [1.54, 1.807) is 12.2 Å². The number of rotatable bonds is 37. The Morgan fingerprint density at radius 2 is 1.18 bits per heavy atom. The monoisotopic (exact) mass is 808 g/mol. The molecule has 0 aliphatic carbocycles. The minimum atomic E-state index is -4.68. The van der Waals surface area contributed by atoms with Crippen molar-refractivity contribution in [2.45, 2.75) is 154 Å². The average Bonchev–Trinajstić information content (AvgIpc) is 3.18. The quantitative estimate of drug-likeness (QED) is 0.0155. The van der Waals surface area contributed by atoms with E-state index < -0.39 is 64.5 Å². The first kappa shape index (κ1) is 53.1. The number of carbonyl (C=O) groups excluding carboxylic acids is 2. The summed E-state index contributed by atoms with van der Waals surface area (Å²) in [5.41, 5.74) is 0. The lowest BCUT2D eigenvalue weighted by Crippen LogP contribution is -2.30. The van der Waals surface area contributed by atoms with Crippen molar-refractivity contribution in [3.63, 3.8) is 0 Å². The van der Waals surface area contributed by atoms with Crippen molar-refractivity contribution in [2.75, 3.05) is 26.4 Å². The Kier molecular flexibility index (Phi) is 36.9. The van der Waals surface area contributed by atoms with E-state index in [0.717, 1.165) is 70.6 Å². The summed E-state index contributed by atoms with van der Waals surface area (Å²) in [5.74, 6) is -1.16. The molecular formula is C44H73O11P. The van der Waals surface area contributed by atoms with Gasteiger partial charge in [-0.3, -0.25) is 18.6 Å². The number of phosphoric acid groups is 1. The van der Waals surface area contributed by atoms with E-state index in [-0.39, 0.29) is 12.8 Å². The molecule has 0 aromatic rings. The van der Waals surface area contributed by atoms with Crippen LogP contribution >= 0.6 is 7.82 Å². The summed E-state index contributed by atoms with van der Waals surface area (Å²) < 4.78 is 32.5. The van der Waals surface area contributed by atoms with Crippen LogP contribution in [0.25, 0.3) is 0 Å². The number of esters is 2. The van der Waals surface area contributed by atoms with E-state index in [9.17, 15) is 29.3 Å². The molecule has 2 unspecified atom stereocenters. The lowest BCUT2D eigenvalue weighted by atomic mass is 10.1. The average molecular weight is 809 g/mol. The second-order valence-corrected chi connectivity index (χ2v) is 14.9. The number of hydrogen-bond acceptors (Lipinski definition) is 10. The third-order valence-electron chi connectivity index (χ3n) is 8.14. The Labute approximate surface area is 337 Å². The van der Waals surface area contributed by atoms with Crippen molar-refractivity contribution in [3.05, 3.63) is 85.1 Å². The van der Waals surface area contributed by atoms with Gasteiger partial charge in [0.25, 0.3) is 0 Å². The zero-order valence-electron chi connectivity index (χ0n) is 34.2. The van der Waals surface area contributed by atoms with Gasteiger partial charge in [-0.2, -0.15) is 0 Å². The molecule has 11 nitrogen and oxygen atoms in total. The summed E-state index contributed by atoms with van der Waals surface area (Å²) in [5, 5.41) is 28.6. The molecule has 0 amide bonds. The summed E-state index contributed by atoms with van der Waals surface area (Å²) in [6.07, 6.45) is 41.5. The smallest absolute Gasteiger partial charge is 0.462 e. The number of aliphatic hydroxyl groups is 3. The van der Waals surface area contributed by atoms with Crippen molar-refractivity contribution < 1.29 is 52.9 Å². The molecule has 0 heterocycles. The van der Waals surface area contributed by atoms with Crippen LogP contribution in [0.4, 0.5) is 0 Å². The topological polar surface area (TPSA) is 169 Å². The van der Waals surface area contributed by atoms with E-state index >= 15 is 0 Å². The van der Waals surface area contributed by atoms with Gasteiger partial charge in [0.15, 0.2) is 6.10 Å². The van der Waals surface area contributed by atoms with Crippen LogP contribution in [0, 0.1) is 0 Å². The normalized spacial score (nSPS) is 15.3. The Balaban J connectivity index is 4.58. The fraction of sp³-hybridized carbons (Fsp3) is 0.636. The van der Waals surface area contributed by atoms with Crippen molar-refractivity contribution in [2.24, 2.45) is 0 Å². The molecule has 0 radical (unpaired) electrons. The molecule has 0 fully saturated rings. The highest BCUT2D eigenvalue weighted by molar-refractivity contribution is 7.47. The Morgan fingerprint density at radius 3 is 1.82 bits per heavy atom. The highest BCUT2D eigenvalue weighted by atomic mass is 31.2. The van der Waals surface area contributed by atoms with Crippen LogP contribution in [0.2, 0.25) is 0 Å². The second kappa shape index (κ2) is 39.0. The molecule has 56 heavy (non-hydrogen) atoms. The molecule has 0 saturated heterocycles. The number of hydrogen-bond donors (Lipinski definition) is 4. The van der Waals surface area contributed by atoms with Crippen LogP contribution in [0.1, 0.15) is 136 Å². The number of ether oxygens (including phenoxy) is 2. The van der Waals surface area contributed by atoms with E-state index in [2.05, 4.69) is 79.1 Å². The number of carbonyl (C=O) groups is 2. The zero-order valence-corrected chi connectivity index (χ0v) is 35.1. The minimum absolute atomic E-state index is 0.0543. The molecule has 0 aromatic heterocycles. The molecule has 0 aliphatic heterocycles. The molecule has 0 saturated carbocycles. The third-order valence-corrected chi connectivity index (χ3v) is 9.09. The van der Waals surface area contributed by atoms with Gasteiger partial charge in [0, 0.05) is 12.8 Å². The van der Waals surface area contributed by atoms with Crippen LogP contribution < -0.4 is 0 Å². The van der Waals surface area contributed by atoms with Gasteiger partial charge < -0.3 is 29.7 Å². The first-order valence-electron chi connectivity index (χ1n) is 20.7. The molecule has 0 spiro atoms. The maximum absolute atomic E-state index is 12.6. The summed E-state index contributed by atoms with van der Waals surface area (Å²) in [6.45, 7) is 1.97. The van der Waals surface area contributed by atoms with Gasteiger partial charge in [-0.1, -0.05) is 131 Å². The zero-order chi connectivity index (χ0) is 41.4. The van der Waals surface area contributed by atoms with E-state index in [1.165, 1.54) is 19.3 Å². The van der Waals surface area contributed by atoms with Gasteiger partial charge in [0.1, 0.15) is 12.7 Å². The van der Waals surface area contributed by atoms with E-state index in [0.29, 0.717) is 19.3 Å². The van der Waals surface area contributed by atoms with Gasteiger partial charge in [-0.15, -0.1) is 0 Å². The molecule has 4 N–H and O–H groups in total. The summed E-state index contributed by atoms with van der Waals surface area (Å²) in [7, 11) is -4.68. The molecule has 4 atom stereocenters. The standard InChI is InChI=1S/C44H73O11P/c1-3-5-7-9-11-13-15-17-18-20-22-24-26-28-30-34-43(48)52-38-42(39-54-56(50,51)53-37-41(47)36-45)55-44(49)35-31-33-40(46)32-29-27-25-23-21-19-16-14-12-10-8-6-4-2/h6,8,11-14,17-19,21,25,27,29,32,40-42,45-47H,3-5,7,9-10,15-16,20,22-24,26,28,30-31,33-39H2,1-2H3,(H,50,51)/b8-6-,13-11-,14-12-,18-17-,21-19-,27-25-,32-29+/t40?,41-,42+/m0/s1. The van der Waals surface area contributed by atoms with Crippen LogP contribution in [-0.4, -0.2) is 76.9 Å². The Morgan fingerprint density at radius 1 is 0.625 bits per heavy atom. The van der Waals surface area contributed by atoms with Crippen LogP contribution in [0.15, 0.2) is 85.1 Å². The third kappa shape index (κ3) is 38.0. The predicted octanol–water partition coefficient (Wildman–Crippen LogP) is 9.63. The molecule has 0 rings (SSSR count). The summed E-state index contributed by atoms with van der Waals surface area (Å²) >= 11 is 0. The van der Waals surface area contributed by atoms with Crippen molar-refractivity contribution in [1.82, 2.24) is 0 Å². The van der Waals surface area contributed by atoms with Gasteiger partial charge in [-0.25, -0.2) is 4.57 Å². The van der Waals surface area contributed by atoms with Crippen LogP contribution in [0.5, 0.6) is 0 Å². The molecule has 0 aliphatic rings. The van der Waals surface area contributed by atoms with Gasteiger partial charge in [-0.05, 0) is 77.0 Å². The van der Waals surface area contributed by atoms with E-state index in [1.807, 2.05) is 12.2 Å². The number of unbranched alkanes of at least 4 members (excludes halogenated alkanes) is 8. The van der Waals surface area contributed by atoms with Gasteiger partial charge in [0.05, 0.1) is 25.9 Å². The predicted molar refractivity (Wildman–Crippen MR) is 225 cm³/mol. The van der Waals surface area contributed by atoms with E-state index in [4.69, 9.17) is 19.1 Å². The first-order valence-corrected chi connectivity index (χ1v) is 22.1.